The highest BCUT2D eigenvalue weighted by molar-refractivity contribution is 5.11. The van der Waals surface area contributed by atoms with Crippen LogP contribution in [-0.2, 0) is 17.9 Å². The van der Waals surface area contributed by atoms with E-state index >= 15 is 0 Å². The average Bonchev–Trinajstić information content (AvgIpc) is 2.45. The molecule has 0 bridgehead atoms. The van der Waals surface area contributed by atoms with Gasteiger partial charge in [-0.1, -0.05) is 6.92 Å². The third kappa shape index (κ3) is 2.82. The summed E-state index contributed by atoms with van der Waals surface area (Å²) in [5.41, 5.74) is 2.09. The zero-order valence-corrected chi connectivity index (χ0v) is 8.48. The number of H-pyrrole nitrogens is 1. The summed E-state index contributed by atoms with van der Waals surface area (Å²) in [5.74, 6) is 0.978. The predicted molar refractivity (Wildman–Crippen MR) is 51.4 cm³/mol. The summed E-state index contributed by atoms with van der Waals surface area (Å²) in [4.78, 5) is 7.60. The molecular formula is C9H17N3O. The Kier molecular flexibility index (Phi) is 3.92. The second-order valence-electron chi connectivity index (χ2n) is 2.97. The van der Waals surface area contributed by atoms with Crippen LogP contribution >= 0.6 is 0 Å². The molecule has 0 amide bonds. The Balaban J connectivity index is 2.59. The summed E-state index contributed by atoms with van der Waals surface area (Å²) in [7, 11) is 1.68. The molecule has 0 saturated heterocycles. The molecule has 1 aromatic heterocycles. The number of nitrogens with one attached hydrogen (secondary N) is 2. The number of methoxy groups -OCH3 is 1. The molecular weight excluding hydrogens is 166 g/mol. The zero-order valence-electron chi connectivity index (χ0n) is 8.48. The van der Waals surface area contributed by atoms with Crippen molar-refractivity contribution in [2.45, 2.75) is 27.0 Å². The summed E-state index contributed by atoms with van der Waals surface area (Å²) >= 11 is 0. The van der Waals surface area contributed by atoms with Gasteiger partial charge in [0.2, 0.25) is 0 Å². The van der Waals surface area contributed by atoms with Gasteiger partial charge in [-0.15, -0.1) is 0 Å². The van der Waals surface area contributed by atoms with Gasteiger partial charge in [0.25, 0.3) is 0 Å². The highest BCUT2D eigenvalue weighted by Crippen LogP contribution is 2.05. The van der Waals surface area contributed by atoms with Crippen molar-refractivity contribution >= 4 is 0 Å². The van der Waals surface area contributed by atoms with E-state index in [9.17, 15) is 0 Å². The lowest BCUT2D eigenvalue weighted by Gasteiger charge is -1.95. The van der Waals surface area contributed by atoms with Crippen LogP contribution in [-0.4, -0.2) is 23.6 Å². The van der Waals surface area contributed by atoms with E-state index in [-0.39, 0.29) is 0 Å². The number of aromatic amines is 1. The number of aromatic nitrogens is 2. The van der Waals surface area contributed by atoms with Crippen molar-refractivity contribution in [1.82, 2.24) is 15.3 Å². The molecule has 0 unspecified atom stereocenters. The minimum Gasteiger partial charge on any atom is -0.378 e. The Hall–Kier alpha value is -0.870. The lowest BCUT2D eigenvalue weighted by atomic mass is 10.4. The molecule has 1 heterocycles. The van der Waals surface area contributed by atoms with Crippen molar-refractivity contribution in [3.05, 3.63) is 17.2 Å². The Morgan fingerprint density at radius 1 is 1.54 bits per heavy atom. The number of nitrogens with zero attached hydrogens (tertiary/aromatic N) is 1. The second-order valence-corrected chi connectivity index (χ2v) is 2.97. The van der Waals surface area contributed by atoms with Crippen molar-refractivity contribution in [3.8, 4) is 0 Å². The summed E-state index contributed by atoms with van der Waals surface area (Å²) in [6, 6.07) is 0. The van der Waals surface area contributed by atoms with E-state index in [4.69, 9.17) is 4.74 Å². The first-order valence-corrected chi connectivity index (χ1v) is 4.52. The fourth-order valence-corrected chi connectivity index (χ4v) is 1.17. The third-order valence-corrected chi connectivity index (χ3v) is 1.86. The van der Waals surface area contributed by atoms with Gasteiger partial charge in [0.05, 0.1) is 18.8 Å². The van der Waals surface area contributed by atoms with Gasteiger partial charge in [-0.2, -0.15) is 0 Å². The van der Waals surface area contributed by atoms with Crippen LogP contribution in [0, 0.1) is 6.92 Å². The maximum Gasteiger partial charge on any atom is 0.120 e. The normalized spacial score (nSPS) is 10.7. The van der Waals surface area contributed by atoms with Crippen LogP contribution in [0.1, 0.15) is 24.1 Å². The molecule has 74 valence electrons. The molecule has 4 nitrogen and oxygen atoms in total. The molecule has 0 aliphatic carbocycles. The van der Waals surface area contributed by atoms with Crippen molar-refractivity contribution in [3.63, 3.8) is 0 Å². The van der Waals surface area contributed by atoms with Crippen LogP contribution in [0.15, 0.2) is 0 Å². The first kappa shape index (κ1) is 10.2. The van der Waals surface area contributed by atoms with Gasteiger partial charge in [-0.3, -0.25) is 0 Å². The first-order chi connectivity index (χ1) is 6.27. The fourth-order valence-electron chi connectivity index (χ4n) is 1.17. The number of hydrogen-bond donors (Lipinski definition) is 2. The van der Waals surface area contributed by atoms with Gasteiger partial charge < -0.3 is 15.0 Å². The van der Waals surface area contributed by atoms with Gasteiger partial charge in [0.15, 0.2) is 0 Å². The average molecular weight is 183 g/mol. The molecule has 0 saturated carbocycles. The number of ether oxygens (including phenoxy) is 1. The molecule has 13 heavy (non-hydrogen) atoms. The summed E-state index contributed by atoms with van der Waals surface area (Å²) in [6.07, 6.45) is 0. The molecule has 0 atom stereocenters. The molecule has 1 rings (SSSR count). The molecule has 2 N–H and O–H groups in total. The molecule has 4 heteroatoms. The van der Waals surface area contributed by atoms with Gasteiger partial charge in [-0.05, 0) is 13.5 Å². The summed E-state index contributed by atoms with van der Waals surface area (Å²) in [6.45, 7) is 6.41. The SMILES string of the molecule is CCNCc1nc(COC)c(C)[nH]1. The minimum absolute atomic E-state index is 0.578. The van der Waals surface area contributed by atoms with Crippen LogP contribution < -0.4 is 5.32 Å². The van der Waals surface area contributed by atoms with E-state index < -0.39 is 0 Å². The van der Waals surface area contributed by atoms with Gasteiger partial charge in [-0.25, -0.2) is 4.98 Å². The predicted octanol–water partition coefficient (Wildman–Crippen LogP) is 0.974. The molecule has 0 aliphatic heterocycles. The third-order valence-electron chi connectivity index (χ3n) is 1.86. The standard InChI is InChI=1S/C9H17N3O/c1-4-10-5-9-11-7(2)8(12-9)6-13-3/h10H,4-6H2,1-3H3,(H,11,12). The van der Waals surface area contributed by atoms with E-state index in [1.165, 1.54) is 0 Å². The molecule has 0 radical (unpaired) electrons. The summed E-state index contributed by atoms with van der Waals surface area (Å²) in [5, 5.41) is 3.21. The zero-order chi connectivity index (χ0) is 9.68. The number of hydrogen-bond acceptors (Lipinski definition) is 3. The van der Waals surface area contributed by atoms with E-state index in [0.29, 0.717) is 6.61 Å². The Morgan fingerprint density at radius 2 is 2.31 bits per heavy atom. The molecule has 0 spiro atoms. The molecule has 0 aromatic carbocycles. The van der Waals surface area contributed by atoms with Crippen molar-refractivity contribution in [2.24, 2.45) is 0 Å². The lowest BCUT2D eigenvalue weighted by Crippen LogP contribution is -2.12. The second kappa shape index (κ2) is 4.99. The quantitative estimate of drug-likeness (QED) is 0.715. The van der Waals surface area contributed by atoms with E-state index in [2.05, 4.69) is 22.2 Å². The fraction of sp³-hybridized carbons (Fsp3) is 0.667. The first-order valence-electron chi connectivity index (χ1n) is 4.52. The van der Waals surface area contributed by atoms with Crippen molar-refractivity contribution < 1.29 is 4.74 Å². The van der Waals surface area contributed by atoms with Gasteiger partial charge >= 0.3 is 0 Å². The molecule has 0 aliphatic rings. The van der Waals surface area contributed by atoms with E-state index in [0.717, 1.165) is 30.3 Å². The maximum absolute atomic E-state index is 5.02. The van der Waals surface area contributed by atoms with Gasteiger partial charge in [0.1, 0.15) is 5.82 Å². The topological polar surface area (TPSA) is 49.9 Å². The number of aryl methyl sites for hydroxylation is 1. The minimum atomic E-state index is 0.578. The number of imidazole rings is 1. The largest absolute Gasteiger partial charge is 0.378 e. The van der Waals surface area contributed by atoms with E-state index in [1.807, 2.05) is 6.92 Å². The molecule has 1 aromatic rings. The molecule has 0 fully saturated rings. The number of rotatable bonds is 5. The van der Waals surface area contributed by atoms with Crippen LogP contribution in [0.4, 0.5) is 0 Å². The van der Waals surface area contributed by atoms with Gasteiger partial charge in [0, 0.05) is 12.8 Å². The van der Waals surface area contributed by atoms with E-state index in [1.54, 1.807) is 7.11 Å². The van der Waals surface area contributed by atoms with Crippen LogP contribution in [0.3, 0.4) is 0 Å². The van der Waals surface area contributed by atoms with Crippen LogP contribution in [0.5, 0.6) is 0 Å². The Labute approximate surface area is 78.7 Å². The summed E-state index contributed by atoms with van der Waals surface area (Å²) < 4.78 is 5.02. The Bertz CT molecular complexity index is 257. The highest BCUT2D eigenvalue weighted by Gasteiger charge is 2.04. The van der Waals surface area contributed by atoms with Crippen LogP contribution in [0.25, 0.3) is 0 Å². The monoisotopic (exact) mass is 183 g/mol. The highest BCUT2D eigenvalue weighted by atomic mass is 16.5. The Morgan fingerprint density at radius 3 is 2.92 bits per heavy atom. The maximum atomic E-state index is 5.02. The lowest BCUT2D eigenvalue weighted by molar-refractivity contribution is 0.181. The van der Waals surface area contributed by atoms with Crippen molar-refractivity contribution in [1.29, 1.82) is 0 Å². The van der Waals surface area contributed by atoms with Crippen molar-refractivity contribution in [2.75, 3.05) is 13.7 Å². The van der Waals surface area contributed by atoms with Crippen LogP contribution in [0.2, 0.25) is 0 Å². The smallest absolute Gasteiger partial charge is 0.120 e.